The fraction of sp³-hybridized carbons (Fsp3) is 0.860. The van der Waals surface area contributed by atoms with Crippen molar-refractivity contribution < 1.29 is 23.8 Å². The number of unbranched alkanes of at least 4 members (excludes halogenated alkanes) is 22. The Morgan fingerprint density at radius 2 is 0.980 bits per heavy atom. The highest BCUT2D eigenvalue weighted by Gasteiger charge is 2.53. The molecule has 0 amide bonds. The summed E-state index contributed by atoms with van der Waals surface area (Å²) >= 11 is 0. The fourth-order valence-electron chi connectivity index (χ4n) is 7.00. The first-order valence-electron chi connectivity index (χ1n) is 21.1. The molecule has 2 heterocycles. The zero-order chi connectivity index (χ0) is 35.1. The molecule has 2 fully saturated rings. The van der Waals surface area contributed by atoms with E-state index in [2.05, 4.69) is 38.2 Å². The number of carbonyl (C=O) groups is 2. The molecule has 284 valence electrons. The molecule has 2 saturated heterocycles. The number of Topliss-reactive ketones (excluding diaryl/α,β-unsaturated/α-hetero) is 2. The van der Waals surface area contributed by atoms with Crippen molar-refractivity contribution in [2.75, 3.05) is 32.9 Å². The quantitative estimate of drug-likeness (QED) is 0.0505. The Hall–Kier alpha value is -1.34. The van der Waals surface area contributed by atoms with Gasteiger partial charge >= 0.3 is 0 Å². The van der Waals surface area contributed by atoms with Gasteiger partial charge in [-0.15, -0.1) is 0 Å². The average Bonchev–Trinajstić information content (AvgIpc) is 3.59. The van der Waals surface area contributed by atoms with Gasteiger partial charge in [0.05, 0.1) is 19.8 Å². The van der Waals surface area contributed by atoms with Gasteiger partial charge in [-0.2, -0.15) is 0 Å². The van der Waals surface area contributed by atoms with Crippen molar-refractivity contribution in [3.05, 3.63) is 24.3 Å². The topological polar surface area (TPSA) is 65.1 Å². The molecular weight excluding hydrogens is 610 g/mol. The van der Waals surface area contributed by atoms with Gasteiger partial charge in [0.25, 0.3) is 5.91 Å². The van der Waals surface area contributed by atoms with Crippen molar-refractivity contribution in [1.29, 1.82) is 0 Å². The van der Waals surface area contributed by atoms with Crippen LogP contribution in [-0.2, 0) is 23.8 Å². The van der Waals surface area contributed by atoms with E-state index in [-0.39, 0.29) is 18.2 Å². The SMILES string of the molecule is CCCCCCCC/C=C\CCCCCCCC(=O)C1COC(C(=O)CCCCCCC/C=C\CCCCCCCC)(N2CCOCC2)O1. The van der Waals surface area contributed by atoms with E-state index in [1.54, 1.807) is 0 Å². The molecule has 0 aromatic rings. The van der Waals surface area contributed by atoms with Crippen molar-refractivity contribution >= 4 is 11.6 Å². The highest BCUT2D eigenvalue weighted by molar-refractivity contribution is 5.88. The van der Waals surface area contributed by atoms with Crippen LogP contribution in [0.2, 0.25) is 0 Å². The lowest BCUT2D eigenvalue weighted by atomic mass is 10.0. The van der Waals surface area contributed by atoms with Gasteiger partial charge < -0.3 is 14.2 Å². The predicted octanol–water partition coefficient (Wildman–Crippen LogP) is 11.6. The van der Waals surface area contributed by atoms with Gasteiger partial charge in [-0.3, -0.25) is 9.59 Å². The van der Waals surface area contributed by atoms with Crippen LogP contribution in [0.3, 0.4) is 0 Å². The summed E-state index contributed by atoms with van der Waals surface area (Å²) < 4.78 is 18.0. The molecule has 0 aliphatic carbocycles. The molecule has 0 N–H and O–H groups in total. The van der Waals surface area contributed by atoms with Crippen LogP contribution in [0, 0.1) is 0 Å². The van der Waals surface area contributed by atoms with E-state index in [1.165, 1.54) is 116 Å². The second-order valence-electron chi connectivity index (χ2n) is 14.7. The first kappa shape index (κ1) is 43.8. The number of morpholine rings is 1. The Labute approximate surface area is 302 Å². The minimum Gasteiger partial charge on any atom is -0.379 e. The van der Waals surface area contributed by atoms with E-state index < -0.39 is 12.0 Å². The van der Waals surface area contributed by atoms with Gasteiger partial charge in [-0.05, 0) is 64.2 Å². The molecule has 0 bridgehead atoms. The smallest absolute Gasteiger partial charge is 0.293 e. The van der Waals surface area contributed by atoms with E-state index in [4.69, 9.17) is 14.2 Å². The molecule has 2 aliphatic heterocycles. The first-order chi connectivity index (χ1) is 24.1. The third kappa shape index (κ3) is 20.3. The van der Waals surface area contributed by atoms with Crippen molar-refractivity contribution in [1.82, 2.24) is 4.90 Å². The van der Waals surface area contributed by atoms with Gasteiger partial charge in [0, 0.05) is 25.9 Å². The maximum atomic E-state index is 13.6. The molecule has 6 heteroatoms. The van der Waals surface area contributed by atoms with Crippen LogP contribution in [0.15, 0.2) is 24.3 Å². The zero-order valence-electron chi connectivity index (χ0n) is 32.2. The molecule has 0 radical (unpaired) electrons. The minimum absolute atomic E-state index is 0.0386. The molecule has 0 saturated carbocycles. The number of rotatable bonds is 33. The highest BCUT2D eigenvalue weighted by atomic mass is 16.8. The molecule has 0 aromatic heterocycles. The number of carbonyl (C=O) groups excluding carboxylic acids is 2. The molecule has 2 rings (SSSR count). The molecular formula is C43H77NO5. The standard InChI is InChI=1S/C43H77NO5/c1-3-5-7-9-11-13-15-17-19-21-23-25-27-29-31-33-40(45)41-39-48-43(49-41,44-35-37-47-38-36-44)42(46)34-32-30-28-26-24-22-20-18-16-14-12-10-8-6-4-2/h17-20,41H,3-16,21-39H2,1-2H3/b19-17-,20-18-. The van der Waals surface area contributed by atoms with E-state index in [0.717, 1.165) is 51.4 Å². The Morgan fingerprint density at radius 1 is 0.571 bits per heavy atom. The lowest BCUT2D eigenvalue weighted by Crippen LogP contribution is -2.59. The molecule has 6 nitrogen and oxygen atoms in total. The first-order valence-corrected chi connectivity index (χ1v) is 21.1. The molecule has 49 heavy (non-hydrogen) atoms. The van der Waals surface area contributed by atoms with Crippen LogP contribution in [0.4, 0.5) is 0 Å². The Bertz CT molecular complexity index is 866. The summed E-state index contributed by atoms with van der Waals surface area (Å²) in [7, 11) is 0. The number of hydrogen-bond acceptors (Lipinski definition) is 6. The van der Waals surface area contributed by atoms with Gasteiger partial charge in [0.15, 0.2) is 5.78 Å². The Balaban J connectivity index is 1.57. The minimum atomic E-state index is -1.42. The molecule has 2 aliphatic rings. The summed E-state index contributed by atoms with van der Waals surface area (Å²) in [6.07, 6.45) is 41.7. The zero-order valence-corrected chi connectivity index (χ0v) is 32.2. The maximum absolute atomic E-state index is 13.6. The van der Waals surface area contributed by atoms with E-state index in [1.807, 2.05) is 4.90 Å². The lowest BCUT2D eigenvalue weighted by molar-refractivity contribution is -0.259. The van der Waals surface area contributed by atoms with Crippen molar-refractivity contribution in [3.8, 4) is 0 Å². The van der Waals surface area contributed by atoms with Crippen LogP contribution in [0.5, 0.6) is 0 Å². The van der Waals surface area contributed by atoms with Crippen LogP contribution < -0.4 is 0 Å². The Morgan fingerprint density at radius 3 is 1.45 bits per heavy atom. The van der Waals surface area contributed by atoms with Crippen LogP contribution in [0.25, 0.3) is 0 Å². The lowest BCUT2D eigenvalue weighted by Gasteiger charge is -2.39. The van der Waals surface area contributed by atoms with Crippen LogP contribution in [0.1, 0.15) is 194 Å². The summed E-state index contributed by atoms with van der Waals surface area (Å²) in [5.41, 5.74) is 0. The van der Waals surface area contributed by atoms with Gasteiger partial charge in [-0.1, -0.05) is 141 Å². The van der Waals surface area contributed by atoms with E-state index in [9.17, 15) is 9.59 Å². The third-order valence-electron chi connectivity index (χ3n) is 10.2. The summed E-state index contributed by atoms with van der Waals surface area (Å²) in [5.74, 6) is -1.39. The molecule has 0 spiro atoms. The van der Waals surface area contributed by atoms with E-state index in [0.29, 0.717) is 39.1 Å². The predicted molar refractivity (Wildman–Crippen MR) is 205 cm³/mol. The fourth-order valence-corrected chi connectivity index (χ4v) is 7.00. The number of allylic oxidation sites excluding steroid dienone is 4. The summed E-state index contributed by atoms with van der Waals surface area (Å²) in [5, 5.41) is 0. The van der Waals surface area contributed by atoms with Crippen molar-refractivity contribution in [3.63, 3.8) is 0 Å². The van der Waals surface area contributed by atoms with E-state index >= 15 is 0 Å². The number of ether oxygens (including phenoxy) is 3. The monoisotopic (exact) mass is 688 g/mol. The van der Waals surface area contributed by atoms with Gasteiger partial charge in [-0.25, -0.2) is 4.90 Å². The van der Waals surface area contributed by atoms with Gasteiger partial charge in [0.2, 0.25) is 5.78 Å². The second-order valence-corrected chi connectivity index (χ2v) is 14.7. The number of ketones is 2. The normalized spacial score (nSPS) is 20.2. The average molecular weight is 688 g/mol. The molecule has 2 unspecified atom stereocenters. The van der Waals surface area contributed by atoms with Gasteiger partial charge in [0.1, 0.15) is 6.10 Å². The molecule has 0 aromatic carbocycles. The molecule has 2 atom stereocenters. The van der Waals surface area contributed by atoms with Crippen LogP contribution >= 0.6 is 0 Å². The number of nitrogens with zero attached hydrogens (tertiary/aromatic N) is 1. The maximum Gasteiger partial charge on any atom is 0.293 e. The summed E-state index contributed by atoms with van der Waals surface area (Å²) in [6.45, 7) is 6.94. The highest BCUT2D eigenvalue weighted by Crippen LogP contribution is 2.32. The number of hydrogen-bond donors (Lipinski definition) is 0. The third-order valence-corrected chi connectivity index (χ3v) is 10.2. The Kier molecular flexibility index (Phi) is 27.1. The summed E-state index contributed by atoms with van der Waals surface area (Å²) in [4.78, 5) is 28.7. The largest absolute Gasteiger partial charge is 0.379 e. The van der Waals surface area contributed by atoms with Crippen molar-refractivity contribution in [2.45, 2.75) is 206 Å². The second kappa shape index (κ2) is 30.3. The van der Waals surface area contributed by atoms with Crippen LogP contribution in [-0.4, -0.2) is 61.4 Å². The summed E-state index contributed by atoms with van der Waals surface area (Å²) in [6, 6.07) is 0. The van der Waals surface area contributed by atoms with Crippen molar-refractivity contribution in [2.24, 2.45) is 0 Å².